The molecule has 1 saturated carbocycles. The highest BCUT2D eigenvalue weighted by Gasteiger charge is 2.16. The number of carbonyl (C=O) groups excluding carboxylic acids is 1. The van der Waals surface area contributed by atoms with Crippen LogP contribution < -0.4 is 16.4 Å². The predicted octanol–water partition coefficient (Wildman–Crippen LogP) is 2.47. The molecule has 1 aliphatic rings. The highest BCUT2D eigenvalue weighted by atomic mass is 16.1. The van der Waals surface area contributed by atoms with Crippen LogP contribution in [0.2, 0.25) is 0 Å². The SMILES string of the molecule is Cc1cc(N)cnc1NCCNC(=O)CC1CCCCC1. The van der Waals surface area contributed by atoms with Gasteiger partial charge < -0.3 is 16.4 Å². The maximum atomic E-state index is 11.9. The minimum Gasteiger partial charge on any atom is -0.397 e. The first kappa shape index (κ1) is 15.6. The predicted molar refractivity (Wildman–Crippen MR) is 86.1 cm³/mol. The number of rotatable bonds is 6. The summed E-state index contributed by atoms with van der Waals surface area (Å²) in [4.78, 5) is 16.1. The van der Waals surface area contributed by atoms with Crippen LogP contribution in [0.4, 0.5) is 11.5 Å². The van der Waals surface area contributed by atoms with Crippen molar-refractivity contribution < 1.29 is 4.79 Å². The van der Waals surface area contributed by atoms with Gasteiger partial charge in [-0.1, -0.05) is 19.3 Å². The van der Waals surface area contributed by atoms with Gasteiger partial charge in [0.25, 0.3) is 0 Å². The van der Waals surface area contributed by atoms with Crippen molar-refractivity contribution in [2.75, 3.05) is 24.1 Å². The Kier molecular flexibility index (Phi) is 5.84. The second-order valence-corrected chi connectivity index (χ2v) is 5.92. The Balaban J connectivity index is 1.63. The van der Waals surface area contributed by atoms with Crippen molar-refractivity contribution in [2.24, 2.45) is 5.92 Å². The third kappa shape index (κ3) is 5.25. The van der Waals surface area contributed by atoms with Crippen molar-refractivity contribution in [3.8, 4) is 0 Å². The fraction of sp³-hybridized carbons (Fsp3) is 0.625. The van der Waals surface area contributed by atoms with E-state index in [1.54, 1.807) is 6.20 Å². The molecule has 4 N–H and O–H groups in total. The fourth-order valence-corrected chi connectivity index (χ4v) is 2.89. The minimum absolute atomic E-state index is 0.172. The quantitative estimate of drug-likeness (QED) is 0.703. The van der Waals surface area contributed by atoms with Crippen LogP contribution in [0, 0.1) is 12.8 Å². The molecule has 1 amide bonds. The maximum Gasteiger partial charge on any atom is 0.220 e. The van der Waals surface area contributed by atoms with Gasteiger partial charge in [0.2, 0.25) is 5.91 Å². The summed E-state index contributed by atoms with van der Waals surface area (Å²) in [6, 6.07) is 1.89. The van der Waals surface area contributed by atoms with Crippen LogP contribution in [-0.4, -0.2) is 24.0 Å². The van der Waals surface area contributed by atoms with E-state index >= 15 is 0 Å². The largest absolute Gasteiger partial charge is 0.397 e. The summed E-state index contributed by atoms with van der Waals surface area (Å²) in [5, 5.41) is 6.19. The summed E-state index contributed by atoms with van der Waals surface area (Å²) in [5.41, 5.74) is 7.35. The average Bonchev–Trinajstić information content (AvgIpc) is 2.46. The van der Waals surface area contributed by atoms with Crippen molar-refractivity contribution in [1.82, 2.24) is 10.3 Å². The first-order chi connectivity index (χ1) is 10.1. The lowest BCUT2D eigenvalue weighted by atomic mass is 9.87. The molecule has 1 aliphatic carbocycles. The molecular formula is C16H26N4O. The van der Waals surface area contributed by atoms with Crippen LogP contribution in [0.25, 0.3) is 0 Å². The lowest BCUT2D eigenvalue weighted by Gasteiger charge is -2.20. The Morgan fingerprint density at radius 2 is 2.10 bits per heavy atom. The smallest absolute Gasteiger partial charge is 0.220 e. The van der Waals surface area contributed by atoms with E-state index in [0.29, 0.717) is 31.1 Å². The molecule has 1 heterocycles. The molecule has 0 aromatic carbocycles. The number of nitrogens with zero attached hydrogens (tertiary/aromatic N) is 1. The van der Waals surface area contributed by atoms with Crippen molar-refractivity contribution in [3.63, 3.8) is 0 Å². The number of nitrogens with one attached hydrogen (secondary N) is 2. The maximum absolute atomic E-state index is 11.9. The minimum atomic E-state index is 0.172. The van der Waals surface area contributed by atoms with Gasteiger partial charge in [0.05, 0.1) is 11.9 Å². The highest BCUT2D eigenvalue weighted by Crippen LogP contribution is 2.25. The number of aryl methyl sites for hydroxylation is 1. The van der Waals surface area contributed by atoms with Gasteiger partial charge in [-0.15, -0.1) is 0 Å². The van der Waals surface area contributed by atoms with E-state index in [0.717, 1.165) is 11.4 Å². The normalized spacial score (nSPS) is 15.7. The molecule has 1 fully saturated rings. The highest BCUT2D eigenvalue weighted by molar-refractivity contribution is 5.76. The molecule has 1 aromatic rings. The van der Waals surface area contributed by atoms with Crippen LogP contribution in [0.5, 0.6) is 0 Å². The second kappa shape index (κ2) is 7.86. The first-order valence-electron chi connectivity index (χ1n) is 7.88. The van der Waals surface area contributed by atoms with E-state index < -0.39 is 0 Å². The summed E-state index contributed by atoms with van der Waals surface area (Å²) in [5.74, 6) is 1.59. The molecule has 5 heteroatoms. The zero-order chi connectivity index (χ0) is 15.1. The van der Waals surface area contributed by atoms with E-state index in [1.807, 2.05) is 13.0 Å². The average molecular weight is 290 g/mol. The standard InChI is InChI=1S/C16H26N4O/c1-12-9-14(17)11-20-16(12)19-8-7-18-15(21)10-13-5-3-2-4-6-13/h9,11,13H,2-8,10,17H2,1H3,(H,18,21)(H,19,20). The van der Waals surface area contributed by atoms with Gasteiger partial charge in [0.15, 0.2) is 0 Å². The van der Waals surface area contributed by atoms with Crippen molar-refractivity contribution in [1.29, 1.82) is 0 Å². The van der Waals surface area contributed by atoms with Gasteiger partial charge in [0.1, 0.15) is 5.82 Å². The zero-order valence-electron chi connectivity index (χ0n) is 12.8. The molecule has 0 spiro atoms. The van der Waals surface area contributed by atoms with Crippen LogP contribution in [0.3, 0.4) is 0 Å². The number of aromatic nitrogens is 1. The molecule has 0 saturated heterocycles. The van der Waals surface area contributed by atoms with E-state index in [4.69, 9.17) is 5.73 Å². The number of nitrogen functional groups attached to an aromatic ring is 1. The number of hydrogen-bond acceptors (Lipinski definition) is 4. The molecule has 0 atom stereocenters. The van der Waals surface area contributed by atoms with E-state index in [-0.39, 0.29) is 5.91 Å². The number of amides is 1. The Hall–Kier alpha value is -1.78. The summed E-state index contributed by atoms with van der Waals surface area (Å²) in [6.07, 6.45) is 8.62. The molecule has 0 radical (unpaired) electrons. The summed E-state index contributed by atoms with van der Waals surface area (Å²) in [6.45, 7) is 3.26. The van der Waals surface area contributed by atoms with Crippen LogP contribution in [-0.2, 0) is 4.79 Å². The van der Waals surface area contributed by atoms with E-state index in [1.165, 1.54) is 32.1 Å². The topological polar surface area (TPSA) is 80.0 Å². The molecule has 0 aliphatic heterocycles. The van der Waals surface area contributed by atoms with Gasteiger partial charge in [0, 0.05) is 19.5 Å². The van der Waals surface area contributed by atoms with Gasteiger partial charge in [-0.05, 0) is 37.3 Å². The third-order valence-corrected chi connectivity index (χ3v) is 4.04. The third-order valence-electron chi connectivity index (χ3n) is 4.04. The number of nitrogens with two attached hydrogens (primary N) is 1. The Bertz CT molecular complexity index is 469. The van der Waals surface area contributed by atoms with Crippen LogP contribution in [0.15, 0.2) is 12.3 Å². The Morgan fingerprint density at radius 3 is 2.81 bits per heavy atom. The van der Waals surface area contributed by atoms with E-state index in [2.05, 4.69) is 15.6 Å². The number of anilines is 2. The Labute approximate surface area is 126 Å². The van der Waals surface area contributed by atoms with Gasteiger partial charge in [-0.3, -0.25) is 4.79 Å². The molecule has 1 aromatic heterocycles. The molecular weight excluding hydrogens is 264 g/mol. The lowest BCUT2D eigenvalue weighted by Crippen LogP contribution is -2.30. The number of carbonyl (C=O) groups is 1. The molecule has 2 rings (SSSR count). The van der Waals surface area contributed by atoms with Crippen LogP contribution in [0.1, 0.15) is 44.1 Å². The van der Waals surface area contributed by atoms with Gasteiger partial charge in [-0.2, -0.15) is 0 Å². The molecule has 5 nitrogen and oxygen atoms in total. The molecule has 21 heavy (non-hydrogen) atoms. The van der Waals surface area contributed by atoms with Crippen molar-refractivity contribution in [2.45, 2.75) is 45.4 Å². The van der Waals surface area contributed by atoms with Gasteiger partial charge >= 0.3 is 0 Å². The lowest BCUT2D eigenvalue weighted by molar-refractivity contribution is -0.122. The van der Waals surface area contributed by atoms with Gasteiger partial charge in [-0.25, -0.2) is 4.98 Å². The van der Waals surface area contributed by atoms with Crippen molar-refractivity contribution >= 4 is 17.4 Å². The first-order valence-corrected chi connectivity index (χ1v) is 7.88. The molecule has 0 unspecified atom stereocenters. The molecule has 0 bridgehead atoms. The number of pyridine rings is 1. The monoisotopic (exact) mass is 290 g/mol. The van der Waals surface area contributed by atoms with Crippen LogP contribution >= 0.6 is 0 Å². The molecule has 116 valence electrons. The second-order valence-electron chi connectivity index (χ2n) is 5.92. The summed E-state index contributed by atoms with van der Waals surface area (Å²) in [7, 11) is 0. The summed E-state index contributed by atoms with van der Waals surface area (Å²) < 4.78 is 0. The number of hydrogen-bond donors (Lipinski definition) is 3. The summed E-state index contributed by atoms with van der Waals surface area (Å²) >= 11 is 0. The Morgan fingerprint density at radius 1 is 1.33 bits per heavy atom. The zero-order valence-corrected chi connectivity index (χ0v) is 12.8. The van der Waals surface area contributed by atoms with Crippen molar-refractivity contribution in [3.05, 3.63) is 17.8 Å². The van der Waals surface area contributed by atoms with E-state index in [9.17, 15) is 4.79 Å². The fourth-order valence-electron chi connectivity index (χ4n) is 2.89.